The van der Waals surface area contributed by atoms with Gasteiger partial charge in [-0.05, 0) is 50.3 Å². The van der Waals surface area contributed by atoms with Crippen molar-refractivity contribution in [2.75, 3.05) is 13.2 Å². The zero-order chi connectivity index (χ0) is 19.2. The maximum atomic E-state index is 12.3. The number of nitrogens with zero attached hydrogens (tertiary/aromatic N) is 3. The monoisotopic (exact) mass is 403 g/mol. The van der Waals surface area contributed by atoms with E-state index in [1.165, 1.54) is 11.3 Å². The molecule has 7 nitrogen and oxygen atoms in total. The number of thiazole rings is 1. The number of H-pyrrole nitrogens is 1. The number of ether oxygens (including phenoxy) is 1. The Bertz CT molecular complexity index is 959. The van der Waals surface area contributed by atoms with E-state index in [1.807, 2.05) is 42.7 Å². The molecule has 1 aromatic carbocycles. The zero-order valence-electron chi connectivity index (χ0n) is 15.2. The average molecular weight is 404 g/mol. The lowest BCUT2D eigenvalue weighted by Gasteiger charge is -2.05. The van der Waals surface area contributed by atoms with Crippen molar-refractivity contribution in [3.63, 3.8) is 0 Å². The molecule has 2 N–H and O–H groups in total. The molecule has 2 aromatic heterocycles. The van der Waals surface area contributed by atoms with Gasteiger partial charge in [-0.3, -0.25) is 9.89 Å². The van der Waals surface area contributed by atoms with Gasteiger partial charge in [0.25, 0.3) is 5.91 Å². The van der Waals surface area contributed by atoms with E-state index in [1.54, 1.807) is 5.38 Å². The predicted octanol–water partition coefficient (Wildman–Crippen LogP) is 3.46. The number of aromatic amines is 1. The summed E-state index contributed by atoms with van der Waals surface area (Å²) in [6.07, 6.45) is 0.600. The van der Waals surface area contributed by atoms with Crippen molar-refractivity contribution >= 4 is 29.5 Å². The second-order valence-corrected chi connectivity index (χ2v) is 6.94. The Morgan fingerprint density at radius 3 is 2.81 bits per heavy atom. The number of rotatable bonds is 8. The van der Waals surface area contributed by atoms with Crippen LogP contribution in [-0.4, -0.2) is 38.8 Å². The van der Waals surface area contributed by atoms with Crippen molar-refractivity contribution in [3.8, 4) is 16.3 Å². The minimum absolute atomic E-state index is 0.194. The molecular weight excluding hydrogens is 382 g/mol. The van der Waals surface area contributed by atoms with Crippen LogP contribution >= 0.6 is 23.6 Å². The van der Waals surface area contributed by atoms with Crippen LogP contribution in [0.25, 0.3) is 10.6 Å². The molecule has 0 saturated heterocycles. The van der Waals surface area contributed by atoms with Crippen LogP contribution in [0.15, 0.2) is 29.6 Å². The molecule has 3 rings (SSSR count). The summed E-state index contributed by atoms with van der Waals surface area (Å²) in [5, 5.41) is 12.4. The van der Waals surface area contributed by atoms with E-state index < -0.39 is 0 Å². The van der Waals surface area contributed by atoms with Crippen LogP contribution in [0.5, 0.6) is 5.75 Å². The minimum atomic E-state index is -0.194. The lowest BCUT2D eigenvalue weighted by Crippen LogP contribution is -2.26. The fourth-order valence-corrected chi connectivity index (χ4v) is 3.70. The van der Waals surface area contributed by atoms with E-state index in [0.717, 1.165) is 28.7 Å². The van der Waals surface area contributed by atoms with Crippen LogP contribution in [-0.2, 0) is 13.0 Å². The van der Waals surface area contributed by atoms with Gasteiger partial charge in [-0.2, -0.15) is 5.10 Å². The Balaban J connectivity index is 1.58. The highest BCUT2D eigenvalue weighted by Gasteiger charge is 2.12. The van der Waals surface area contributed by atoms with Crippen molar-refractivity contribution in [2.24, 2.45) is 0 Å². The van der Waals surface area contributed by atoms with Crippen LogP contribution in [0.3, 0.4) is 0 Å². The van der Waals surface area contributed by atoms with Gasteiger partial charge in [0.1, 0.15) is 22.3 Å². The SMILES string of the molecule is CCOc1ccc(-c2nc(C(=O)NCCc3n[nH]c(=S)n3CC)cs2)cc1. The number of benzene rings is 1. The number of nitrogens with one attached hydrogen (secondary N) is 2. The summed E-state index contributed by atoms with van der Waals surface area (Å²) in [5.74, 6) is 1.46. The number of hydrogen-bond acceptors (Lipinski definition) is 6. The van der Waals surface area contributed by atoms with Gasteiger partial charge >= 0.3 is 0 Å². The summed E-state index contributed by atoms with van der Waals surface area (Å²) in [5.41, 5.74) is 1.37. The van der Waals surface area contributed by atoms with Crippen LogP contribution < -0.4 is 10.1 Å². The second kappa shape index (κ2) is 8.92. The molecular formula is C18H21N5O2S2. The van der Waals surface area contributed by atoms with Crippen LogP contribution in [0.2, 0.25) is 0 Å². The third-order valence-electron chi connectivity index (χ3n) is 3.94. The molecule has 9 heteroatoms. The van der Waals surface area contributed by atoms with Gasteiger partial charge in [-0.25, -0.2) is 4.98 Å². The first-order valence-electron chi connectivity index (χ1n) is 8.73. The number of carbonyl (C=O) groups is 1. The third-order valence-corrected chi connectivity index (χ3v) is 5.14. The van der Waals surface area contributed by atoms with E-state index in [-0.39, 0.29) is 5.91 Å². The molecule has 142 valence electrons. The standard InChI is InChI=1S/C18H21N5O2S2/c1-3-23-15(21-22-18(23)26)9-10-19-16(24)14-11-27-17(20-14)12-5-7-13(8-6-12)25-4-2/h5-8,11H,3-4,9-10H2,1-2H3,(H,19,24)(H,22,26). The molecule has 0 spiro atoms. The molecule has 0 fully saturated rings. The molecule has 0 aliphatic carbocycles. The Morgan fingerprint density at radius 1 is 1.33 bits per heavy atom. The Labute approximate surface area is 166 Å². The number of carbonyl (C=O) groups excluding carboxylic acids is 1. The van der Waals surface area contributed by atoms with Crippen molar-refractivity contribution < 1.29 is 9.53 Å². The smallest absolute Gasteiger partial charge is 0.270 e. The Hall–Kier alpha value is -2.52. The Kier molecular flexibility index (Phi) is 6.36. The van der Waals surface area contributed by atoms with Gasteiger partial charge in [-0.15, -0.1) is 11.3 Å². The number of amides is 1. The highest BCUT2D eigenvalue weighted by atomic mass is 32.1. The highest BCUT2D eigenvalue weighted by Crippen LogP contribution is 2.25. The molecule has 0 atom stereocenters. The predicted molar refractivity (Wildman–Crippen MR) is 108 cm³/mol. The number of aromatic nitrogens is 4. The fraction of sp³-hybridized carbons (Fsp3) is 0.333. The van der Waals surface area contributed by atoms with Crippen molar-refractivity contribution in [2.45, 2.75) is 26.8 Å². The minimum Gasteiger partial charge on any atom is -0.494 e. The first-order valence-corrected chi connectivity index (χ1v) is 10.0. The maximum absolute atomic E-state index is 12.3. The van der Waals surface area contributed by atoms with Gasteiger partial charge in [-0.1, -0.05) is 0 Å². The molecule has 0 bridgehead atoms. The lowest BCUT2D eigenvalue weighted by atomic mass is 10.2. The Morgan fingerprint density at radius 2 is 2.11 bits per heavy atom. The average Bonchev–Trinajstić information content (AvgIpc) is 3.30. The molecule has 1 amide bonds. The first kappa shape index (κ1) is 19.2. The molecule has 0 saturated carbocycles. The fourth-order valence-electron chi connectivity index (χ4n) is 2.62. The summed E-state index contributed by atoms with van der Waals surface area (Å²) < 4.78 is 7.95. The van der Waals surface area contributed by atoms with Gasteiger partial charge in [0.05, 0.1) is 6.61 Å². The number of hydrogen-bond donors (Lipinski definition) is 2. The van der Waals surface area contributed by atoms with Crippen molar-refractivity contribution in [1.82, 2.24) is 25.1 Å². The van der Waals surface area contributed by atoms with E-state index in [2.05, 4.69) is 20.5 Å². The largest absolute Gasteiger partial charge is 0.494 e. The zero-order valence-corrected chi connectivity index (χ0v) is 16.8. The van der Waals surface area contributed by atoms with Crippen molar-refractivity contribution in [1.29, 1.82) is 0 Å². The topological polar surface area (TPSA) is 84.8 Å². The quantitative estimate of drug-likeness (QED) is 0.563. The van der Waals surface area contributed by atoms with Gasteiger partial charge in [0, 0.05) is 30.5 Å². The molecule has 0 aliphatic heterocycles. The molecule has 0 radical (unpaired) electrons. The van der Waals surface area contributed by atoms with Crippen LogP contribution in [0.4, 0.5) is 0 Å². The lowest BCUT2D eigenvalue weighted by molar-refractivity contribution is 0.0949. The highest BCUT2D eigenvalue weighted by molar-refractivity contribution is 7.71. The molecule has 2 heterocycles. The molecule has 27 heavy (non-hydrogen) atoms. The summed E-state index contributed by atoms with van der Waals surface area (Å²) in [4.78, 5) is 16.8. The van der Waals surface area contributed by atoms with E-state index in [4.69, 9.17) is 17.0 Å². The van der Waals surface area contributed by atoms with Gasteiger partial charge in [0.15, 0.2) is 4.77 Å². The first-order chi connectivity index (χ1) is 13.1. The van der Waals surface area contributed by atoms with E-state index >= 15 is 0 Å². The van der Waals surface area contributed by atoms with Gasteiger partial charge in [0.2, 0.25) is 0 Å². The summed E-state index contributed by atoms with van der Waals surface area (Å²) >= 11 is 6.60. The summed E-state index contributed by atoms with van der Waals surface area (Å²) in [6.45, 7) is 5.80. The van der Waals surface area contributed by atoms with Crippen molar-refractivity contribution in [3.05, 3.63) is 45.9 Å². The molecule has 3 aromatic rings. The molecule has 0 unspecified atom stereocenters. The normalized spacial score (nSPS) is 10.7. The second-order valence-electron chi connectivity index (χ2n) is 5.69. The third kappa shape index (κ3) is 4.61. The maximum Gasteiger partial charge on any atom is 0.270 e. The van der Waals surface area contributed by atoms with Crippen LogP contribution in [0.1, 0.15) is 30.2 Å². The van der Waals surface area contributed by atoms with Gasteiger partial charge < -0.3 is 14.6 Å². The summed E-state index contributed by atoms with van der Waals surface area (Å²) in [6, 6.07) is 7.69. The molecule has 0 aliphatic rings. The van der Waals surface area contributed by atoms with E-state index in [9.17, 15) is 4.79 Å². The van der Waals surface area contributed by atoms with E-state index in [0.29, 0.717) is 30.0 Å². The summed E-state index contributed by atoms with van der Waals surface area (Å²) in [7, 11) is 0. The van der Waals surface area contributed by atoms with Crippen LogP contribution in [0, 0.1) is 4.77 Å².